The molecule has 4 rings (SSSR count). The van der Waals surface area contributed by atoms with Gasteiger partial charge in [0.15, 0.2) is 0 Å². The lowest BCUT2D eigenvalue weighted by molar-refractivity contribution is 0.209. The molecule has 0 N–H and O–H groups in total. The minimum absolute atomic E-state index is 0.780. The van der Waals surface area contributed by atoms with Crippen LogP contribution in [0.3, 0.4) is 0 Å². The van der Waals surface area contributed by atoms with E-state index in [4.69, 9.17) is 4.84 Å². The summed E-state index contributed by atoms with van der Waals surface area (Å²) >= 11 is 0. The Bertz CT molecular complexity index is 918. The Morgan fingerprint density at radius 3 is 2.48 bits per heavy atom. The Balaban J connectivity index is 1.45. The van der Waals surface area contributed by atoms with Gasteiger partial charge in [0, 0.05) is 44.5 Å². The number of piperazine rings is 1. The molecule has 2 aromatic carbocycles. The van der Waals surface area contributed by atoms with Gasteiger partial charge in [0.1, 0.15) is 18.6 Å². The van der Waals surface area contributed by atoms with Crippen LogP contribution in [0.1, 0.15) is 5.56 Å². The van der Waals surface area contributed by atoms with E-state index in [-0.39, 0.29) is 0 Å². The van der Waals surface area contributed by atoms with E-state index in [0.29, 0.717) is 0 Å². The van der Waals surface area contributed by atoms with Crippen LogP contribution in [0.5, 0.6) is 0 Å². The maximum atomic E-state index is 5.14. The molecule has 27 heavy (non-hydrogen) atoms. The maximum absolute atomic E-state index is 5.14. The fourth-order valence-corrected chi connectivity index (χ4v) is 3.54. The zero-order valence-electron chi connectivity index (χ0n) is 15.6. The first-order valence-electron chi connectivity index (χ1n) is 9.31. The Morgan fingerprint density at radius 2 is 1.74 bits per heavy atom. The number of oxime groups is 1. The highest BCUT2D eigenvalue weighted by Crippen LogP contribution is 2.18. The molecule has 0 unspecified atom stereocenters. The SMILES string of the molecule is CO/N=C(/CN1CCN(c2ccccn2)CC1)c1ccc2ccccc2c1. The van der Waals surface area contributed by atoms with Gasteiger partial charge in [-0.25, -0.2) is 4.98 Å². The predicted molar refractivity (Wildman–Crippen MR) is 110 cm³/mol. The van der Waals surface area contributed by atoms with Crippen molar-refractivity contribution in [3.63, 3.8) is 0 Å². The number of benzene rings is 2. The van der Waals surface area contributed by atoms with Crippen molar-refractivity contribution in [1.29, 1.82) is 0 Å². The number of fused-ring (bicyclic) bond motifs is 1. The molecular weight excluding hydrogens is 336 g/mol. The summed E-state index contributed by atoms with van der Waals surface area (Å²) in [6.07, 6.45) is 1.85. The molecular formula is C22H24N4O. The van der Waals surface area contributed by atoms with Gasteiger partial charge >= 0.3 is 0 Å². The lowest BCUT2D eigenvalue weighted by Crippen LogP contribution is -2.48. The van der Waals surface area contributed by atoms with Crippen LogP contribution in [0.25, 0.3) is 10.8 Å². The number of rotatable bonds is 5. The molecule has 0 atom stereocenters. The predicted octanol–water partition coefficient (Wildman–Crippen LogP) is 3.41. The molecule has 5 heteroatoms. The molecule has 1 saturated heterocycles. The molecule has 3 aromatic rings. The zero-order chi connectivity index (χ0) is 18.5. The third kappa shape index (κ3) is 4.09. The summed E-state index contributed by atoms with van der Waals surface area (Å²) in [5.41, 5.74) is 2.08. The van der Waals surface area contributed by atoms with Gasteiger partial charge in [-0.2, -0.15) is 0 Å². The van der Waals surface area contributed by atoms with Crippen LogP contribution >= 0.6 is 0 Å². The first-order chi connectivity index (χ1) is 13.3. The molecule has 0 bridgehead atoms. The van der Waals surface area contributed by atoms with Crippen molar-refractivity contribution in [3.05, 3.63) is 72.4 Å². The van der Waals surface area contributed by atoms with Gasteiger partial charge in [0.25, 0.3) is 0 Å². The van der Waals surface area contributed by atoms with Crippen LogP contribution < -0.4 is 4.90 Å². The third-order valence-electron chi connectivity index (χ3n) is 5.00. The molecule has 1 fully saturated rings. The molecule has 138 valence electrons. The summed E-state index contributed by atoms with van der Waals surface area (Å²) in [4.78, 5) is 14.4. The fourth-order valence-electron chi connectivity index (χ4n) is 3.54. The summed E-state index contributed by atoms with van der Waals surface area (Å²) in [5.74, 6) is 1.05. The number of nitrogens with zero attached hydrogens (tertiary/aromatic N) is 4. The van der Waals surface area contributed by atoms with Gasteiger partial charge in [0.05, 0.1) is 0 Å². The normalized spacial score (nSPS) is 15.9. The van der Waals surface area contributed by atoms with Crippen LogP contribution in [0.15, 0.2) is 72.0 Å². The van der Waals surface area contributed by atoms with Crippen molar-refractivity contribution in [1.82, 2.24) is 9.88 Å². The second-order valence-corrected chi connectivity index (χ2v) is 6.73. The minimum atomic E-state index is 0.780. The lowest BCUT2D eigenvalue weighted by Gasteiger charge is -2.35. The fraction of sp³-hybridized carbons (Fsp3) is 0.273. The second kappa shape index (κ2) is 8.18. The first kappa shape index (κ1) is 17.5. The van der Waals surface area contributed by atoms with Crippen LogP contribution in [-0.4, -0.2) is 55.4 Å². The standard InChI is InChI=1S/C22H24N4O/c1-27-24-21(20-10-9-18-6-2-3-7-19(18)16-20)17-25-12-14-26(15-13-25)22-8-4-5-11-23-22/h2-11,16H,12-15,17H2,1H3/b24-21-. The van der Waals surface area contributed by atoms with E-state index in [9.17, 15) is 0 Å². The Morgan fingerprint density at radius 1 is 0.963 bits per heavy atom. The van der Waals surface area contributed by atoms with Gasteiger partial charge < -0.3 is 9.74 Å². The summed E-state index contributed by atoms with van der Waals surface area (Å²) in [6, 6.07) is 20.9. The number of hydrogen-bond acceptors (Lipinski definition) is 5. The molecule has 0 spiro atoms. The Kier molecular flexibility index (Phi) is 5.30. The Hall–Kier alpha value is -2.92. The molecule has 2 heterocycles. The molecule has 0 aliphatic carbocycles. The van der Waals surface area contributed by atoms with E-state index >= 15 is 0 Å². The minimum Gasteiger partial charge on any atom is -0.399 e. The molecule has 0 radical (unpaired) electrons. The van der Waals surface area contributed by atoms with E-state index in [1.54, 1.807) is 7.11 Å². The quantitative estimate of drug-likeness (QED) is 0.516. The molecule has 0 saturated carbocycles. The van der Waals surface area contributed by atoms with E-state index in [1.165, 1.54) is 10.8 Å². The first-order valence-corrected chi connectivity index (χ1v) is 9.31. The average Bonchev–Trinajstić information content (AvgIpc) is 2.74. The topological polar surface area (TPSA) is 41.0 Å². The average molecular weight is 360 g/mol. The van der Waals surface area contributed by atoms with E-state index in [1.807, 2.05) is 18.3 Å². The van der Waals surface area contributed by atoms with Gasteiger partial charge in [0.2, 0.25) is 0 Å². The summed E-state index contributed by atoms with van der Waals surface area (Å²) in [5, 5.41) is 6.78. The Labute approximate surface area is 159 Å². The smallest absolute Gasteiger partial charge is 0.128 e. The molecule has 0 amide bonds. The van der Waals surface area contributed by atoms with Crippen LogP contribution in [0.2, 0.25) is 0 Å². The number of anilines is 1. The highest BCUT2D eigenvalue weighted by atomic mass is 16.6. The van der Waals surface area contributed by atoms with Crippen molar-refractivity contribution in [2.45, 2.75) is 0 Å². The molecule has 1 aromatic heterocycles. The van der Waals surface area contributed by atoms with Crippen molar-refractivity contribution in [2.24, 2.45) is 5.16 Å². The van der Waals surface area contributed by atoms with Gasteiger partial charge in [-0.1, -0.05) is 47.6 Å². The third-order valence-corrected chi connectivity index (χ3v) is 5.00. The largest absolute Gasteiger partial charge is 0.399 e. The van der Waals surface area contributed by atoms with E-state index in [0.717, 1.165) is 49.8 Å². The van der Waals surface area contributed by atoms with Crippen molar-refractivity contribution < 1.29 is 4.84 Å². The molecule has 1 aliphatic heterocycles. The van der Waals surface area contributed by atoms with Crippen molar-refractivity contribution in [3.8, 4) is 0 Å². The summed E-state index contributed by atoms with van der Waals surface area (Å²) < 4.78 is 0. The van der Waals surface area contributed by atoms with E-state index in [2.05, 4.69) is 68.5 Å². The van der Waals surface area contributed by atoms with Gasteiger partial charge in [-0.3, -0.25) is 4.90 Å². The number of hydrogen-bond donors (Lipinski definition) is 0. The van der Waals surface area contributed by atoms with Gasteiger partial charge in [-0.05, 0) is 29.0 Å². The van der Waals surface area contributed by atoms with Gasteiger partial charge in [-0.15, -0.1) is 0 Å². The lowest BCUT2D eigenvalue weighted by atomic mass is 10.0. The van der Waals surface area contributed by atoms with Crippen molar-refractivity contribution in [2.75, 3.05) is 44.7 Å². The highest BCUT2D eigenvalue weighted by molar-refractivity contribution is 6.04. The summed E-state index contributed by atoms with van der Waals surface area (Å²) in [6.45, 7) is 4.67. The molecule has 5 nitrogen and oxygen atoms in total. The highest BCUT2D eigenvalue weighted by Gasteiger charge is 2.20. The summed E-state index contributed by atoms with van der Waals surface area (Å²) in [7, 11) is 1.61. The monoisotopic (exact) mass is 360 g/mol. The van der Waals surface area contributed by atoms with Crippen LogP contribution in [0.4, 0.5) is 5.82 Å². The number of aromatic nitrogens is 1. The second-order valence-electron chi connectivity index (χ2n) is 6.73. The number of pyridine rings is 1. The maximum Gasteiger partial charge on any atom is 0.128 e. The molecule has 1 aliphatic rings. The van der Waals surface area contributed by atoms with Crippen LogP contribution in [-0.2, 0) is 4.84 Å². The zero-order valence-corrected chi connectivity index (χ0v) is 15.6. The van der Waals surface area contributed by atoms with Crippen LogP contribution in [0, 0.1) is 0 Å². The van der Waals surface area contributed by atoms with E-state index < -0.39 is 0 Å². The van der Waals surface area contributed by atoms with Crippen molar-refractivity contribution >= 4 is 22.3 Å².